The summed E-state index contributed by atoms with van der Waals surface area (Å²) in [6, 6.07) is 6.43. The second-order valence-electron chi connectivity index (χ2n) is 3.03. The Hall–Kier alpha value is -1.92. The van der Waals surface area contributed by atoms with E-state index in [0.717, 1.165) is 0 Å². The molecule has 86 valence electrons. The largest absolute Gasteiger partial charge is 0.630 e. The van der Waals surface area contributed by atoms with Gasteiger partial charge in [-0.2, -0.15) is 0 Å². The number of azo groups is 1. The van der Waals surface area contributed by atoms with E-state index in [1.54, 1.807) is 18.2 Å². The zero-order valence-electron chi connectivity index (χ0n) is 9.01. The number of hydrogen-bond acceptors (Lipinski definition) is 4. The van der Waals surface area contributed by atoms with Gasteiger partial charge in [0.1, 0.15) is 0 Å². The van der Waals surface area contributed by atoms with Crippen LogP contribution in [0.3, 0.4) is 0 Å². The second-order valence-corrected chi connectivity index (χ2v) is 3.03. The molecule has 0 heterocycles. The third kappa shape index (κ3) is 3.04. The molecule has 1 rings (SSSR count). The van der Waals surface area contributed by atoms with Crippen molar-refractivity contribution >= 4 is 11.4 Å². The highest BCUT2D eigenvalue weighted by molar-refractivity contribution is 5.50. The molecule has 0 spiro atoms. The molecular weight excluding hydrogens is 208 g/mol. The highest BCUT2D eigenvalue weighted by atomic mass is 16.5. The van der Waals surface area contributed by atoms with Crippen LogP contribution in [0.1, 0.15) is 6.92 Å². The van der Waals surface area contributed by atoms with Crippen molar-refractivity contribution in [2.75, 3.05) is 6.54 Å². The standard InChI is InChI=1S/C10H14N4O2/c1-3-11-8(2)12-14(16)10-7-5-4-6-9(10)13-15/h4-7,11H,2-3,13H2,1H3/b14-12+. The van der Waals surface area contributed by atoms with Crippen LogP contribution in [0.15, 0.2) is 41.8 Å². The molecule has 16 heavy (non-hydrogen) atoms. The van der Waals surface area contributed by atoms with Crippen molar-refractivity contribution in [1.29, 1.82) is 0 Å². The number of hydrogen-bond donors (Lipinski definition) is 2. The van der Waals surface area contributed by atoms with Gasteiger partial charge in [-0.3, -0.25) is 0 Å². The van der Waals surface area contributed by atoms with Gasteiger partial charge in [-0.25, -0.2) is 0 Å². The van der Waals surface area contributed by atoms with Crippen molar-refractivity contribution < 1.29 is 10.3 Å². The highest BCUT2D eigenvalue weighted by Crippen LogP contribution is 2.19. The average Bonchev–Trinajstić information content (AvgIpc) is 2.29. The quantitative estimate of drug-likeness (QED) is 0.337. The minimum absolute atomic E-state index is 0.205. The Bertz CT molecular complexity index is 404. The molecule has 0 aromatic heterocycles. The maximum absolute atomic E-state index is 11.6. The number of rotatable bonds is 5. The predicted octanol–water partition coefficient (Wildman–Crippen LogP) is 1.05. The predicted molar refractivity (Wildman–Crippen MR) is 59.9 cm³/mol. The van der Waals surface area contributed by atoms with Crippen LogP contribution in [0, 0.1) is 10.4 Å². The molecule has 0 amide bonds. The van der Waals surface area contributed by atoms with Crippen molar-refractivity contribution in [3.63, 3.8) is 0 Å². The van der Waals surface area contributed by atoms with Crippen LogP contribution in [-0.4, -0.2) is 11.4 Å². The van der Waals surface area contributed by atoms with Gasteiger partial charge >= 0.3 is 5.69 Å². The van der Waals surface area contributed by atoms with Gasteiger partial charge < -0.3 is 21.2 Å². The van der Waals surface area contributed by atoms with E-state index in [2.05, 4.69) is 17.0 Å². The minimum atomic E-state index is 0.205. The van der Waals surface area contributed by atoms with E-state index in [1.807, 2.05) is 6.92 Å². The number of quaternary nitrogens is 1. The number of benzene rings is 1. The van der Waals surface area contributed by atoms with Crippen molar-refractivity contribution in [3.05, 3.63) is 47.1 Å². The lowest BCUT2D eigenvalue weighted by Gasteiger charge is -2.06. The van der Waals surface area contributed by atoms with Gasteiger partial charge in [-0.15, -0.1) is 0 Å². The summed E-state index contributed by atoms with van der Waals surface area (Å²) in [7, 11) is 0. The molecule has 1 aromatic carbocycles. The Balaban J connectivity index is 2.95. The van der Waals surface area contributed by atoms with Gasteiger partial charge in [0.05, 0.1) is 0 Å². The molecule has 6 nitrogen and oxygen atoms in total. The minimum Gasteiger partial charge on any atom is -0.630 e. The summed E-state index contributed by atoms with van der Waals surface area (Å²) < 4.78 is 0. The van der Waals surface area contributed by atoms with Crippen LogP contribution >= 0.6 is 0 Å². The Kier molecular flexibility index (Phi) is 4.43. The van der Waals surface area contributed by atoms with Crippen LogP contribution in [-0.2, 0) is 0 Å². The Labute approximate surface area is 93.5 Å². The molecule has 0 saturated carbocycles. The first-order valence-electron chi connectivity index (χ1n) is 4.85. The van der Waals surface area contributed by atoms with Gasteiger partial charge in [0.15, 0.2) is 5.82 Å². The summed E-state index contributed by atoms with van der Waals surface area (Å²) in [5, 5.41) is 28.7. The third-order valence-electron chi connectivity index (χ3n) is 1.86. The fourth-order valence-electron chi connectivity index (χ4n) is 1.16. The normalized spacial score (nSPS) is 11.2. The molecule has 0 aliphatic rings. The van der Waals surface area contributed by atoms with Crippen LogP contribution < -0.4 is 10.8 Å². The monoisotopic (exact) mass is 222 g/mol. The summed E-state index contributed by atoms with van der Waals surface area (Å²) in [6.07, 6.45) is 0. The van der Waals surface area contributed by atoms with E-state index < -0.39 is 0 Å². The molecule has 0 aliphatic carbocycles. The van der Waals surface area contributed by atoms with Crippen LogP contribution in [0.2, 0.25) is 0 Å². The van der Waals surface area contributed by atoms with Crippen LogP contribution in [0.25, 0.3) is 0 Å². The number of nitrogens with zero attached hydrogens (tertiary/aromatic N) is 2. The Morgan fingerprint density at radius 2 is 2.25 bits per heavy atom. The molecular formula is C10H14N4O2. The van der Waals surface area contributed by atoms with Crippen molar-refractivity contribution in [1.82, 2.24) is 5.32 Å². The SMILES string of the molecule is C=C(/N=[N+](/[O-])c1ccccc1[NH2+][O-])NCC. The summed E-state index contributed by atoms with van der Waals surface area (Å²) >= 11 is 0. The fourth-order valence-corrected chi connectivity index (χ4v) is 1.16. The van der Waals surface area contributed by atoms with Crippen LogP contribution in [0.4, 0.5) is 11.4 Å². The zero-order chi connectivity index (χ0) is 12.0. The highest BCUT2D eigenvalue weighted by Gasteiger charge is 2.12. The van der Waals surface area contributed by atoms with Crippen molar-refractivity contribution in [2.45, 2.75) is 6.92 Å². The van der Waals surface area contributed by atoms with Gasteiger partial charge in [-0.1, -0.05) is 18.7 Å². The lowest BCUT2D eigenvalue weighted by Crippen LogP contribution is -2.70. The number of nitrogens with one attached hydrogen (secondary N) is 1. The van der Waals surface area contributed by atoms with E-state index in [-0.39, 0.29) is 11.5 Å². The first-order chi connectivity index (χ1) is 7.69. The summed E-state index contributed by atoms with van der Waals surface area (Å²) in [6.45, 7) is 6.06. The van der Waals surface area contributed by atoms with E-state index in [9.17, 15) is 10.4 Å². The van der Waals surface area contributed by atoms with E-state index in [4.69, 9.17) is 0 Å². The van der Waals surface area contributed by atoms with Crippen LogP contribution in [0.5, 0.6) is 0 Å². The summed E-state index contributed by atoms with van der Waals surface area (Å²) in [4.78, 5) is 0.384. The van der Waals surface area contributed by atoms with E-state index >= 15 is 0 Å². The molecule has 0 fully saturated rings. The molecule has 3 N–H and O–H groups in total. The molecule has 6 heteroatoms. The van der Waals surface area contributed by atoms with Gasteiger partial charge in [0, 0.05) is 23.8 Å². The molecule has 0 atom stereocenters. The second kappa shape index (κ2) is 5.84. The molecule has 0 bridgehead atoms. The summed E-state index contributed by atoms with van der Waals surface area (Å²) in [5.74, 6) is 0.262. The van der Waals surface area contributed by atoms with Crippen molar-refractivity contribution in [2.24, 2.45) is 5.11 Å². The smallest absolute Gasteiger partial charge is 0.305 e. The van der Waals surface area contributed by atoms with Gasteiger partial charge in [0.2, 0.25) is 5.69 Å². The molecule has 0 unspecified atom stereocenters. The molecule has 1 aromatic rings. The Morgan fingerprint density at radius 1 is 1.56 bits per heavy atom. The molecule has 0 radical (unpaired) electrons. The van der Waals surface area contributed by atoms with E-state index in [0.29, 0.717) is 22.6 Å². The fraction of sp³-hybridized carbons (Fsp3) is 0.200. The average molecular weight is 222 g/mol. The Morgan fingerprint density at radius 3 is 2.88 bits per heavy atom. The van der Waals surface area contributed by atoms with E-state index in [1.165, 1.54) is 6.07 Å². The van der Waals surface area contributed by atoms with Crippen molar-refractivity contribution in [3.8, 4) is 0 Å². The lowest BCUT2D eigenvalue weighted by molar-refractivity contribution is -0.514. The maximum atomic E-state index is 11.6. The summed E-state index contributed by atoms with van der Waals surface area (Å²) in [5.41, 5.74) is 1.12. The number of nitrogens with two attached hydrogens (primary N) is 1. The topological polar surface area (TPSA) is 90.1 Å². The first kappa shape index (κ1) is 12.2. The maximum Gasteiger partial charge on any atom is 0.305 e. The van der Waals surface area contributed by atoms with Gasteiger partial charge in [-0.05, 0) is 11.8 Å². The first-order valence-corrected chi connectivity index (χ1v) is 4.85. The van der Waals surface area contributed by atoms with Gasteiger partial charge in [0.25, 0.3) is 0 Å². The number of para-hydroxylation sites is 1. The lowest BCUT2D eigenvalue weighted by atomic mass is 10.3. The zero-order valence-corrected chi connectivity index (χ0v) is 9.01. The molecule has 0 saturated heterocycles. The molecule has 0 aliphatic heterocycles. The third-order valence-corrected chi connectivity index (χ3v) is 1.86.